The topological polar surface area (TPSA) is 52.6 Å². The summed E-state index contributed by atoms with van der Waals surface area (Å²) in [7, 11) is 0. The molecule has 0 saturated heterocycles. The maximum absolute atomic E-state index is 10.9. The molecule has 0 atom stereocenters. The van der Waals surface area contributed by atoms with Crippen molar-refractivity contribution in [3.8, 4) is 0 Å². The Labute approximate surface area is 110 Å². The Morgan fingerprint density at radius 3 is 1.94 bits per heavy atom. The number of ether oxygens (including phenoxy) is 2. The summed E-state index contributed by atoms with van der Waals surface area (Å²) in [6, 6.07) is 0. The highest BCUT2D eigenvalue weighted by atomic mass is 16.6. The van der Waals surface area contributed by atoms with Gasteiger partial charge in [0.2, 0.25) is 0 Å². The molecular formula is C14H26O4. The van der Waals surface area contributed by atoms with Gasteiger partial charge in [-0.05, 0) is 41.0 Å². The second-order valence-electron chi connectivity index (χ2n) is 5.91. The first-order valence-corrected chi connectivity index (χ1v) is 6.37. The van der Waals surface area contributed by atoms with Gasteiger partial charge >= 0.3 is 5.97 Å². The van der Waals surface area contributed by atoms with Gasteiger partial charge in [0, 0.05) is 19.8 Å². The van der Waals surface area contributed by atoms with E-state index in [1.807, 2.05) is 27.7 Å². The standard InChI is InChI=1S/C14H26O4/c1-11(15)7-8-13(3,4)17-10-9-14(5,6)18-12(2)16/h7-10H2,1-6H3. The SMILES string of the molecule is CC(=O)CCC(C)(C)OCCC(C)(C)OC(C)=O. The monoisotopic (exact) mass is 258 g/mol. The van der Waals surface area contributed by atoms with E-state index in [0.29, 0.717) is 25.9 Å². The third-order valence-corrected chi connectivity index (χ3v) is 2.70. The first-order chi connectivity index (χ1) is 8.04. The van der Waals surface area contributed by atoms with Crippen LogP contribution in [-0.2, 0) is 19.1 Å². The molecule has 0 aliphatic heterocycles. The van der Waals surface area contributed by atoms with E-state index in [-0.39, 0.29) is 17.4 Å². The minimum atomic E-state index is -0.511. The predicted octanol–water partition coefficient (Wildman–Crippen LogP) is 2.88. The fraction of sp³-hybridized carbons (Fsp3) is 0.857. The van der Waals surface area contributed by atoms with Gasteiger partial charge in [-0.15, -0.1) is 0 Å². The van der Waals surface area contributed by atoms with Crippen LogP contribution in [0.25, 0.3) is 0 Å². The van der Waals surface area contributed by atoms with Crippen LogP contribution in [-0.4, -0.2) is 29.6 Å². The predicted molar refractivity (Wildman–Crippen MR) is 70.4 cm³/mol. The van der Waals surface area contributed by atoms with Gasteiger partial charge in [0.15, 0.2) is 0 Å². The zero-order valence-corrected chi connectivity index (χ0v) is 12.5. The van der Waals surface area contributed by atoms with E-state index >= 15 is 0 Å². The molecule has 0 amide bonds. The van der Waals surface area contributed by atoms with Crippen LogP contribution in [0, 0.1) is 0 Å². The Balaban J connectivity index is 4.01. The molecule has 0 rings (SSSR count). The lowest BCUT2D eigenvalue weighted by Crippen LogP contribution is -2.32. The van der Waals surface area contributed by atoms with Gasteiger partial charge in [-0.1, -0.05) is 0 Å². The average molecular weight is 258 g/mol. The van der Waals surface area contributed by atoms with E-state index in [1.165, 1.54) is 6.92 Å². The Bertz CT molecular complexity index is 292. The highest BCUT2D eigenvalue weighted by molar-refractivity contribution is 5.75. The zero-order chi connectivity index (χ0) is 14.4. The van der Waals surface area contributed by atoms with Crippen LogP contribution in [0.1, 0.15) is 60.8 Å². The van der Waals surface area contributed by atoms with Crippen LogP contribution in [0.5, 0.6) is 0 Å². The summed E-state index contributed by atoms with van der Waals surface area (Å²) in [5.41, 5.74) is -0.833. The lowest BCUT2D eigenvalue weighted by atomic mass is 10.0. The van der Waals surface area contributed by atoms with Gasteiger partial charge in [0.05, 0.1) is 12.2 Å². The minimum absolute atomic E-state index is 0.173. The largest absolute Gasteiger partial charge is 0.460 e. The van der Waals surface area contributed by atoms with Gasteiger partial charge in [0.1, 0.15) is 11.4 Å². The molecule has 4 heteroatoms. The highest BCUT2D eigenvalue weighted by Gasteiger charge is 2.24. The lowest BCUT2D eigenvalue weighted by Gasteiger charge is -2.29. The van der Waals surface area contributed by atoms with Crippen LogP contribution >= 0.6 is 0 Å². The molecule has 0 aliphatic rings. The molecule has 0 aromatic rings. The van der Waals surface area contributed by atoms with Crippen molar-refractivity contribution >= 4 is 11.8 Å². The molecule has 0 N–H and O–H groups in total. The summed E-state index contributed by atoms with van der Waals surface area (Å²) in [5, 5.41) is 0. The number of esters is 1. The van der Waals surface area contributed by atoms with Crippen LogP contribution < -0.4 is 0 Å². The van der Waals surface area contributed by atoms with E-state index in [2.05, 4.69) is 0 Å². The number of rotatable bonds is 8. The Hall–Kier alpha value is -0.900. The molecule has 0 aromatic carbocycles. The summed E-state index contributed by atoms with van der Waals surface area (Å²) in [5.74, 6) is -0.109. The van der Waals surface area contributed by atoms with E-state index in [4.69, 9.17) is 9.47 Å². The summed E-state index contributed by atoms with van der Waals surface area (Å²) in [6.07, 6.45) is 1.87. The maximum atomic E-state index is 10.9. The number of hydrogen-bond acceptors (Lipinski definition) is 4. The quantitative estimate of drug-likeness (QED) is 0.628. The van der Waals surface area contributed by atoms with Crippen molar-refractivity contribution in [3.63, 3.8) is 0 Å². The first kappa shape index (κ1) is 17.1. The normalized spacial score (nSPS) is 12.3. The number of ketones is 1. The highest BCUT2D eigenvalue weighted by Crippen LogP contribution is 2.20. The average Bonchev–Trinajstić information content (AvgIpc) is 2.12. The molecule has 0 radical (unpaired) electrons. The molecule has 4 nitrogen and oxygen atoms in total. The second-order valence-corrected chi connectivity index (χ2v) is 5.91. The van der Waals surface area contributed by atoms with E-state index in [1.54, 1.807) is 6.92 Å². The van der Waals surface area contributed by atoms with Crippen molar-refractivity contribution in [2.45, 2.75) is 72.0 Å². The number of carbonyl (C=O) groups excluding carboxylic acids is 2. The van der Waals surface area contributed by atoms with Crippen molar-refractivity contribution < 1.29 is 19.1 Å². The van der Waals surface area contributed by atoms with Gasteiger partial charge < -0.3 is 14.3 Å². The summed E-state index contributed by atoms with van der Waals surface area (Å²) in [6.45, 7) is 11.1. The molecule has 0 heterocycles. The van der Waals surface area contributed by atoms with E-state index in [9.17, 15) is 9.59 Å². The summed E-state index contributed by atoms with van der Waals surface area (Å²) < 4.78 is 10.9. The number of hydrogen-bond donors (Lipinski definition) is 0. The molecule has 0 aromatic heterocycles. The molecule has 0 unspecified atom stereocenters. The van der Waals surface area contributed by atoms with Gasteiger partial charge in [-0.2, -0.15) is 0 Å². The smallest absolute Gasteiger partial charge is 0.303 e. The molecule has 18 heavy (non-hydrogen) atoms. The molecular weight excluding hydrogens is 232 g/mol. The minimum Gasteiger partial charge on any atom is -0.460 e. The molecule has 0 saturated carbocycles. The summed E-state index contributed by atoms with van der Waals surface area (Å²) >= 11 is 0. The second kappa shape index (κ2) is 6.88. The lowest BCUT2D eigenvalue weighted by molar-refractivity contribution is -0.156. The molecule has 0 aliphatic carbocycles. The molecule has 0 fully saturated rings. The first-order valence-electron chi connectivity index (χ1n) is 6.37. The van der Waals surface area contributed by atoms with Crippen molar-refractivity contribution in [2.24, 2.45) is 0 Å². The molecule has 106 valence electrons. The van der Waals surface area contributed by atoms with E-state index < -0.39 is 5.60 Å². The van der Waals surface area contributed by atoms with Crippen LogP contribution in [0.2, 0.25) is 0 Å². The third kappa shape index (κ3) is 9.16. The fourth-order valence-electron chi connectivity index (χ4n) is 1.56. The van der Waals surface area contributed by atoms with Gasteiger partial charge in [0.25, 0.3) is 0 Å². The van der Waals surface area contributed by atoms with Gasteiger partial charge in [-0.3, -0.25) is 4.79 Å². The Morgan fingerprint density at radius 2 is 1.50 bits per heavy atom. The van der Waals surface area contributed by atoms with E-state index in [0.717, 1.165) is 0 Å². The maximum Gasteiger partial charge on any atom is 0.303 e. The van der Waals surface area contributed by atoms with Crippen molar-refractivity contribution in [3.05, 3.63) is 0 Å². The van der Waals surface area contributed by atoms with Crippen molar-refractivity contribution in [1.82, 2.24) is 0 Å². The third-order valence-electron chi connectivity index (χ3n) is 2.70. The Kier molecular flexibility index (Phi) is 6.54. The van der Waals surface area contributed by atoms with Crippen LogP contribution in [0.15, 0.2) is 0 Å². The number of carbonyl (C=O) groups is 2. The Morgan fingerprint density at radius 1 is 0.944 bits per heavy atom. The van der Waals surface area contributed by atoms with Crippen molar-refractivity contribution in [2.75, 3.05) is 6.61 Å². The number of Topliss-reactive ketones (excluding diaryl/α,β-unsaturated/α-hetero) is 1. The van der Waals surface area contributed by atoms with Crippen LogP contribution in [0.3, 0.4) is 0 Å². The van der Waals surface area contributed by atoms with Crippen LogP contribution in [0.4, 0.5) is 0 Å². The van der Waals surface area contributed by atoms with Gasteiger partial charge in [-0.25, -0.2) is 0 Å². The molecule has 0 bridgehead atoms. The summed E-state index contributed by atoms with van der Waals surface area (Å²) in [4.78, 5) is 21.8. The van der Waals surface area contributed by atoms with Crippen molar-refractivity contribution in [1.29, 1.82) is 0 Å². The molecule has 0 spiro atoms. The zero-order valence-electron chi connectivity index (χ0n) is 12.5. The fourth-order valence-corrected chi connectivity index (χ4v) is 1.56.